The van der Waals surface area contributed by atoms with Crippen molar-refractivity contribution in [1.29, 1.82) is 0 Å². The summed E-state index contributed by atoms with van der Waals surface area (Å²) in [5.41, 5.74) is 14.2. The van der Waals surface area contributed by atoms with Crippen molar-refractivity contribution in [2.24, 2.45) is 0 Å². The molecule has 0 bridgehead atoms. The first kappa shape index (κ1) is 23.6. The zero-order valence-electron chi connectivity index (χ0n) is 23.0. The maximum Gasteiger partial charge on any atom is 0.0215 e. The summed E-state index contributed by atoms with van der Waals surface area (Å²) in [6, 6.07) is 45.9. The quantitative estimate of drug-likeness (QED) is 0.209. The highest BCUT2D eigenvalue weighted by Gasteiger charge is 2.44. The molecular weight excluding hydrogens is 513 g/mol. The summed E-state index contributed by atoms with van der Waals surface area (Å²) in [5, 5.41) is 2.72. The van der Waals surface area contributed by atoms with Gasteiger partial charge in [-0.15, -0.1) is 0 Å². The second-order valence-electron chi connectivity index (χ2n) is 11.9. The molecule has 0 nitrogen and oxygen atoms in total. The fourth-order valence-corrected chi connectivity index (χ4v) is 9.23. The molecule has 0 atom stereocenters. The van der Waals surface area contributed by atoms with Crippen LogP contribution in [0.2, 0.25) is 0 Å². The second kappa shape index (κ2) is 8.96. The third-order valence-electron chi connectivity index (χ3n) is 9.91. The molecule has 0 unspecified atom stereocenters. The molecular formula is C40H30S. The van der Waals surface area contributed by atoms with Crippen LogP contribution >= 0.6 is 11.8 Å². The summed E-state index contributed by atoms with van der Waals surface area (Å²) in [5.74, 6) is 0. The van der Waals surface area contributed by atoms with Crippen molar-refractivity contribution in [3.8, 4) is 44.5 Å². The van der Waals surface area contributed by atoms with Crippen LogP contribution in [0.25, 0.3) is 55.3 Å². The first-order chi connectivity index (χ1) is 20.3. The van der Waals surface area contributed by atoms with Gasteiger partial charge in [-0.05, 0) is 86.0 Å². The average molecular weight is 543 g/mol. The summed E-state index contributed by atoms with van der Waals surface area (Å²) < 4.78 is 0. The van der Waals surface area contributed by atoms with Gasteiger partial charge in [0.15, 0.2) is 0 Å². The van der Waals surface area contributed by atoms with E-state index in [1.54, 1.807) is 11.1 Å². The number of hydrogen-bond acceptors (Lipinski definition) is 1. The summed E-state index contributed by atoms with van der Waals surface area (Å²) in [6.45, 7) is 0. The van der Waals surface area contributed by atoms with Gasteiger partial charge in [-0.1, -0.05) is 140 Å². The maximum atomic E-state index is 2.42. The van der Waals surface area contributed by atoms with Crippen LogP contribution < -0.4 is 0 Å². The molecule has 0 amide bonds. The molecule has 41 heavy (non-hydrogen) atoms. The van der Waals surface area contributed by atoms with E-state index < -0.39 is 0 Å². The van der Waals surface area contributed by atoms with Crippen molar-refractivity contribution in [3.63, 3.8) is 0 Å². The fraction of sp³-hybridized carbons (Fsp3) is 0.150. The minimum absolute atomic E-state index is 0.195. The van der Waals surface area contributed by atoms with E-state index in [0.29, 0.717) is 0 Å². The van der Waals surface area contributed by atoms with Crippen molar-refractivity contribution >= 4 is 22.5 Å². The SMILES string of the molecule is c1ccc2c(c1)Sc1ccc(-c3ccc(-c4cccc5c4-c4ccccc4C54CCCCC4)cc3)c3cccc-2c13. The van der Waals surface area contributed by atoms with E-state index in [0.717, 1.165) is 0 Å². The van der Waals surface area contributed by atoms with Crippen molar-refractivity contribution in [1.82, 2.24) is 0 Å². The van der Waals surface area contributed by atoms with Gasteiger partial charge in [0, 0.05) is 20.6 Å². The molecule has 0 radical (unpaired) electrons. The summed E-state index contributed by atoms with van der Waals surface area (Å²) in [7, 11) is 0. The Morgan fingerprint density at radius 1 is 0.439 bits per heavy atom. The lowest BCUT2D eigenvalue weighted by Gasteiger charge is -2.36. The van der Waals surface area contributed by atoms with Crippen LogP contribution in [-0.2, 0) is 5.41 Å². The van der Waals surface area contributed by atoms with Crippen molar-refractivity contribution in [2.75, 3.05) is 0 Å². The Morgan fingerprint density at radius 2 is 1.10 bits per heavy atom. The van der Waals surface area contributed by atoms with Crippen molar-refractivity contribution < 1.29 is 0 Å². The molecule has 1 heterocycles. The number of rotatable bonds is 2. The molecule has 1 saturated carbocycles. The molecule has 6 aromatic rings. The molecule has 0 aromatic heterocycles. The molecule has 1 heteroatoms. The first-order valence-corrected chi connectivity index (χ1v) is 15.8. The van der Waals surface area contributed by atoms with E-state index in [9.17, 15) is 0 Å². The van der Waals surface area contributed by atoms with Crippen LogP contribution in [-0.4, -0.2) is 0 Å². The molecule has 2 aliphatic carbocycles. The van der Waals surface area contributed by atoms with Gasteiger partial charge in [0.2, 0.25) is 0 Å². The van der Waals surface area contributed by atoms with E-state index in [1.807, 2.05) is 11.8 Å². The Hall–Kier alpha value is -4.07. The Kier molecular flexibility index (Phi) is 5.16. The molecule has 1 fully saturated rings. The predicted molar refractivity (Wildman–Crippen MR) is 174 cm³/mol. The largest absolute Gasteiger partial charge is 0.0888 e. The van der Waals surface area contributed by atoms with E-state index in [2.05, 4.69) is 121 Å². The standard InChI is InChI=1S/C40H30S/c1-6-24-40(25-7-1)34-15-4-2-11-33(34)38-29(12-9-16-35(38)40)27-20-18-26(19-21-27)28-22-23-37-39-31(28)13-8-14-32(39)30-10-3-5-17-36(30)41-37/h2-5,8-23H,1,6-7,24-25H2. The Morgan fingerprint density at radius 3 is 1.95 bits per heavy atom. The minimum Gasteiger partial charge on any atom is -0.0888 e. The Labute approximate surface area is 246 Å². The molecule has 1 aliphatic heterocycles. The topological polar surface area (TPSA) is 0 Å². The van der Waals surface area contributed by atoms with Gasteiger partial charge < -0.3 is 0 Å². The molecule has 196 valence electrons. The lowest BCUT2D eigenvalue weighted by atomic mass is 9.68. The highest BCUT2D eigenvalue weighted by molar-refractivity contribution is 7.99. The van der Waals surface area contributed by atoms with Gasteiger partial charge in [-0.25, -0.2) is 0 Å². The van der Waals surface area contributed by atoms with Crippen molar-refractivity contribution in [3.05, 3.63) is 132 Å². The molecule has 0 saturated heterocycles. The Bertz CT molecular complexity index is 1990. The monoisotopic (exact) mass is 542 g/mol. The van der Waals surface area contributed by atoms with E-state index in [-0.39, 0.29) is 5.41 Å². The predicted octanol–water partition coefficient (Wildman–Crippen LogP) is 11.5. The van der Waals surface area contributed by atoms with Gasteiger partial charge in [-0.2, -0.15) is 0 Å². The third kappa shape index (κ3) is 3.36. The highest BCUT2D eigenvalue weighted by Crippen LogP contribution is 2.58. The van der Waals surface area contributed by atoms with Gasteiger partial charge in [0.25, 0.3) is 0 Å². The lowest BCUT2D eigenvalue weighted by Crippen LogP contribution is -2.27. The van der Waals surface area contributed by atoms with E-state index in [1.165, 1.54) is 97.2 Å². The smallest absolute Gasteiger partial charge is 0.0215 e. The second-order valence-corrected chi connectivity index (χ2v) is 13.0. The zero-order chi connectivity index (χ0) is 27.0. The summed E-state index contributed by atoms with van der Waals surface area (Å²) in [4.78, 5) is 2.70. The van der Waals surface area contributed by atoms with Crippen LogP contribution in [0.5, 0.6) is 0 Å². The van der Waals surface area contributed by atoms with Gasteiger partial charge in [0.05, 0.1) is 0 Å². The van der Waals surface area contributed by atoms with Crippen LogP contribution in [0.3, 0.4) is 0 Å². The molecule has 9 rings (SSSR count). The number of fused-ring (bicyclic) bond motifs is 7. The lowest BCUT2D eigenvalue weighted by molar-refractivity contribution is 0.353. The highest BCUT2D eigenvalue weighted by atomic mass is 32.2. The molecule has 0 N–H and O–H groups in total. The Balaban J connectivity index is 1.17. The molecule has 1 spiro atoms. The third-order valence-corrected chi connectivity index (χ3v) is 11.0. The van der Waals surface area contributed by atoms with E-state index >= 15 is 0 Å². The maximum absolute atomic E-state index is 2.42. The van der Waals surface area contributed by atoms with Gasteiger partial charge >= 0.3 is 0 Å². The van der Waals surface area contributed by atoms with Gasteiger partial charge in [0.1, 0.15) is 0 Å². The minimum atomic E-state index is 0.195. The number of hydrogen-bond donors (Lipinski definition) is 0. The normalized spacial score (nSPS) is 15.9. The van der Waals surface area contributed by atoms with Crippen molar-refractivity contribution in [2.45, 2.75) is 47.3 Å². The summed E-state index contributed by atoms with van der Waals surface area (Å²) in [6.07, 6.45) is 6.56. The molecule has 3 aliphatic rings. The van der Waals surface area contributed by atoms with E-state index in [4.69, 9.17) is 0 Å². The summed E-state index contributed by atoms with van der Waals surface area (Å²) >= 11 is 1.89. The van der Waals surface area contributed by atoms with Gasteiger partial charge in [-0.3, -0.25) is 0 Å². The average Bonchev–Trinajstić information content (AvgIpc) is 3.31. The fourth-order valence-electron chi connectivity index (χ4n) is 8.10. The first-order valence-electron chi connectivity index (χ1n) is 15.0. The van der Waals surface area contributed by atoms with Crippen LogP contribution in [0.15, 0.2) is 131 Å². The molecule has 6 aromatic carbocycles. The number of benzene rings is 6. The van der Waals surface area contributed by atoms with Crippen LogP contribution in [0, 0.1) is 0 Å². The van der Waals surface area contributed by atoms with Crippen LogP contribution in [0.1, 0.15) is 43.2 Å². The van der Waals surface area contributed by atoms with Crippen LogP contribution in [0.4, 0.5) is 0 Å². The zero-order valence-corrected chi connectivity index (χ0v) is 23.8.